The number of nitrogens with zero attached hydrogens (tertiary/aromatic N) is 5. The van der Waals surface area contributed by atoms with E-state index < -0.39 is 4.92 Å². The Balaban J connectivity index is 1.77. The minimum absolute atomic E-state index is 0.0116. The SMILES string of the molecule is Cc1cccc(Nc2ncnc(Oc3cccc4ccc(C)nc34)c2[N+](=O)[O-])n1. The van der Waals surface area contributed by atoms with E-state index in [1.165, 1.54) is 6.33 Å². The van der Waals surface area contributed by atoms with Gasteiger partial charge in [-0.3, -0.25) is 10.1 Å². The third kappa shape index (κ3) is 3.79. The number of nitrogens with one attached hydrogen (secondary N) is 1. The third-order valence-electron chi connectivity index (χ3n) is 4.14. The maximum absolute atomic E-state index is 11.8. The number of para-hydroxylation sites is 1. The molecule has 1 aromatic carbocycles. The van der Waals surface area contributed by atoms with E-state index in [9.17, 15) is 10.1 Å². The van der Waals surface area contributed by atoms with Crippen molar-refractivity contribution in [3.05, 3.63) is 76.4 Å². The number of nitro groups is 1. The highest BCUT2D eigenvalue weighted by molar-refractivity contribution is 5.85. The highest BCUT2D eigenvalue weighted by Gasteiger charge is 2.26. The summed E-state index contributed by atoms with van der Waals surface area (Å²) in [7, 11) is 0. The Labute approximate surface area is 165 Å². The molecule has 4 aromatic rings. The normalized spacial score (nSPS) is 10.7. The summed E-state index contributed by atoms with van der Waals surface area (Å²) in [4.78, 5) is 27.9. The fraction of sp³-hybridized carbons (Fsp3) is 0.100. The first kappa shape index (κ1) is 18.2. The molecule has 0 unspecified atom stereocenters. The van der Waals surface area contributed by atoms with Crippen molar-refractivity contribution in [1.82, 2.24) is 19.9 Å². The van der Waals surface area contributed by atoms with E-state index in [1.807, 2.05) is 38.1 Å². The Bertz CT molecular complexity index is 1230. The lowest BCUT2D eigenvalue weighted by atomic mass is 10.2. The molecule has 9 nitrogen and oxygen atoms in total. The number of rotatable bonds is 5. The van der Waals surface area contributed by atoms with Gasteiger partial charge in [0.2, 0.25) is 5.82 Å². The standard InChI is InChI=1S/C20H16N6O3/c1-12-5-3-8-16(23-12)25-19-18(26(27)28)20(22-11-21-19)29-15-7-4-6-14-10-9-13(2)24-17(14)15/h3-11H,1-2H3,(H,21,22,23,25). The Morgan fingerprint density at radius 1 is 0.966 bits per heavy atom. The molecule has 0 saturated heterocycles. The maximum atomic E-state index is 11.8. The number of hydrogen-bond donors (Lipinski definition) is 1. The minimum Gasteiger partial charge on any atom is -0.431 e. The monoisotopic (exact) mass is 388 g/mol. The highest BCUT2D eigenvalue weighted by Crippen LogP contribution is 2.37. The summed E-state index contributed by atoms with van der Waals surface area (Å²) in [6, 6.07) is 14.5. The minimum atomic E-state index is -0.586. The van der Waals surface area contributed by atoms with Crippen LogP contribution in [0, 0.1) is 24.0 Å². The van der Waals surface area contributed by atoms with Crippen molar-refractivity contribution >= 4 is 28.2 Å². The molecule has 0 spiro atoms. The Hall–Kier alpha value is -4.14. The molecule has 0 radical (unpaired) electrons. The fourth-order valence-electron chi connectivity index (χ4n) is 2.83. The smallest absolute Gasteiger partial charge is 0.373 e. The van der Waals surface area contributed by atoms with Gasteiger partial charge in [-0.15, -0.1) is 0 Å². The number of ether oxygens (including phenoxy) is 1. The van der Waals surface area contributed by atoms with E-state index in [4.69, 9.17) is 4.74 Å². The van der Waals surface area contributed by atoms with Gasteiger partial charge in [-0.2, -0.15) is 4.98 Å². The zero-order valence-corrected chi connectivity index (χ0v) is 15.7. The predicted molar refractivity (Wildman–Crippen MR) is 107 cm³/mol. The summed E-state index contributed by atoms with van der Waals surface area (Å²) in [5.41, 5.74) is 1.77. The molecule has 0 saturated carbocycles. The van der Waals surface area contributed by atoms with Crippen LogP contribution in [0.3, 0.4) is 0 Å². The molecular weight excluding hydrogens is 372 g/mol. The molecule has 0 aliphatic heterocycles. The molecule has 9 heteroatoms. The van der Waals surface area contributed by atoms with Crippen molar-refractivity contribution < 1.29 is 9.66 Å². The number of hydrogen-bond acceptors (Lipinski definition) is 8. The van der Waals surface area contributed by atoms with Crippen molar-refractivity contribution in [2.24, 2.45) is 0 Å². The van der Waals surface area contributed by atoms with Crippen molar-refractivity contribution in [2.45, 2.75) is 13.8 Å². The van der Waals surface area contributed by atoms with E-state index in [2.05, 4.69) is 25.3 Å². The zero-order valence-electron chi connectivity index (χ0n) is 15.7. The van der Waals surface area contributed by atoms with Gasteiger partial charge in [-0.1, -0.05) is 24.3 Å². The van der Waals surface area contributed by atoms with Gasteiger partial charge in [0.25, 0.3) is 0 Å². The lowest BCUT2D eigenvalue weighted by Gasteiger charge is -2.10. The van der Waals surface area contributed by atoms with Crippen LogP contribution in [0.5, 0.6) is 11.6 Å². The first-order chi connectivity index (χ1) is 14.0. The van der Waals surface area contributed by atoms with E-state index in [1.54, 1.807) is 24.3 Å². The van der Waals surface area contributed by atoms with Crippen molar-refractivity contribution in [3.63, 3.8) is 0 Å². The van der Waals surface area contributed by atoms with Gasteiger partial charge in [-0.25, -0.2) is 15.0 Å². The van der Waals surface area contributed by atoms with E-state index >= 15 is 0 Å². The Morgan fingerprint density at radius 3 is 2.55 bits per heavy atom. The molecule has 4 rings (SSSR count). The molecule has 0 atom stereocenters. The summed E-state index contributed by atoms with van der Waals surface area (Å²) in [5, 5.41) is 15.5. The first-order valence-electron chi connectivity index (χ1n) is 8.75. The fourth-order valence-corrected chi connectivity index (χ4v) is 2.83. The summed E-state index contributed by atoms with van der Waals surface area (Å²) in [6.45, 7) is 3.68. The Morgan fingerprint density at radius 2 is 1.76 bits per heavy atom. The van der Waals surface area contributed by atoms with Crippen LogP contribution in [0.15, 0.2) is 54.9 Å². The molecule has 0 aliphatic rings. The first-order valence-corrected chi connectivity index (χ1v) is 8.75. The average molecular weight is 388 g/mol. The van der Waals surface area contributed by atoms with Gasteiger partial charge in [0, 0.05) is 16.8 Å². The number of aromatic nitrogens is 4. The van der Waals surface area contributed by atoms with Crippen LogP contribution in [0.2, 0.25) is 0 Å². The maximum Gasteiger partial charge on any atom is 0.373 e. The molecule has 144 valence electrons. The third-order valence-corrected chi connectivity index (χ3v) is 4.14. The van der Waals surface area contributed by atoms with Crippen LogP contribution in [0.25, 0.3) is 10.9 Å². The molecule has 29 heavy (non-hydrogen) atoms. The highest BCUT2D eigenvalue weighted by atomic mass is 16.6. The van der Waals surface area contributed by atoms with Crippen molar-refractivity contribution in [1.29, 1.82) is 0 Å². The topological polar surface area (TPSA) is 116 Å². The van der Waals surface area contributed by atoms with Crippen LogP contribution < -0.4 is 10.1 Å². The molecule has 3 heterocycles. The number of fused-ring (bicyclic) bond motifs is 1. The van der Waals surface area contributed by atoms with E-state index in [-0.39, 0.29) is 17.4 Å². The molecular formula is C20H16N6O3. The number of pyridine rings is 2. The second-order valence-corrected chi connectivity index (χ2v) is 6.30. The van der Waals surface area contributed by atoms with Crippen LogP contribution >= 0.6 is 0 Å². The van der Waals surface area contributed by atoms with Gasteiger partial charge < -0.3 is 10.1 Å². The average Bonchev–Trinajstić information content (AvgIpc) is 2.68. The van der Waals surface area contributed by atoms with Gasteiger partial charge >= 0.3 is 11.6 Å². The molecule has 0 amide bonds. The molecule has 0 aliphatic carbocycles. The number of benzene rings is 1. The summed E-state index contributed by atoms with van der Waals surface area (Å²) >= 11 is 0. The summed E-state index contributed by atoms with van der Waals surface area (Å²) in [6.07, 6.45) is 1.20. The Kier molecular flexibility index (Phi) is 4.70. The zero-order chi connectivity index (χ0) is 20.4. The van der Waals surface area contributed by atoms with Gasteiger partial charge in [-0.05, 0) is 38.1 Å². The molecule has 0 bridgehead atoms. The number of aryl methyl sites for hydroxylation is 2. The second-order valence-electron chi connectivity index (χ2n) is 6.30. The lowest BCUT2D eigenvalue weighted by Crippen LogP contribution is -2.05. The van der Waals surface area contributed by atoms with Gasteiger partial charge in [0.1, 0.15) is 17.7 Å². The van der Waals surface area contributed by atoms with Crippen LogP contribution in [-0.2, 0) is 0 Å². The quantitative estimate of drug-likeness (QED) is 0.393. The molecule has 1 N–H and O–H groups in total. The van der Waals surface area contributed by atoms with Gasteiger partial charge in [0.05, 0.1) is 4.92 Å². The summed E-state index contributed by atoms with van der Waals surface area (Å²) in [5.74, 6) is 0.603. The number of anilines is 2. The van der Waals surface area contributed by atoms with Gasteiger partial charge in [0.15, 0.2) is 5.75 Å². The summed E-state index contributed by atoms with van der Waals surface area (Å²) < 4.78 is 5.83. The molecule has 0 fully saturated rings. The predicted octanol–water partition coefficient (Wildman–Crippen LogP) is 4.48. The van der Waals surface area contributed by atoms with Crippen LogP contribution in [0.4, 0.5) is 17.3 Å². The van der Waals surface area contributed by atoms with E-state index in [0.29, 0.717) is 17.1 Å². The van der Waals surface area contributed by atoms with E-state index in [0.717, 1.165) is 16.8 Å². The van der Waals surface area contributed by atoms with Crippen LogP contribution in [-0.4, -0.2) is 24.9 Å². The van der Waals surface area contributed by atoms with Crippen molar-refractivity contribution in [3.8, 4) is 11.6 Å². The molecule has 3 aromatic heterocycles. The second kappa shape index (κ2) is 7.47. The van der Waals surface area contributed by atoms with Crippen LogP contribution in [0.1, 0.15) is 11.4 Å². The lowest BCUT2D eigenvalue weighted by molar-refractivity contribution is -0.385. The van der Waals surface area contributed by atoms with Crippen molar-refractivity contribution in [2.75, 3.05) is 5.32 Å². The largest absolute Gasteiger partial charge is 0.431 e.